The number of hydrogen-bond acceptors (Lipinski definition) is 3. The van der Waals surface area contributed by atoms with E-state index in [0.29, 0.717) is 25.4 Å². The molecule has 0 bridgehead atoms. The van der Waals surface area contributed by atoms with Crippen LogP contribution in [0, 0.1) is 5.82 Å². The number of rotatable bonds is 7. The molecule has 0 saturated carbocycles. The third-order valence-corrected chi connectivity index (χ3v) is 2.78. The molecule has 1 N–H and O–H groups in total. The number of ether oxygens (including phenoxy) is 2. The Hall–Kier alpha value is -0.650. The van der Waals surface area contributed by atoms with Gasteiger partial charge in [-0.05, 0) is 48.0 Å². The SMILES string of the molecule is CCOC(CNc1cc(F)ccc1Br)OCC. The topological polar surface area (TPSA) is 30.5 Å². The van der Waals surface area contributed by atoms with Crippen LogP contribution in [0.1, 0.15) is 13.8 Å². The fourth-order valence-corrected chi connectivity index (χ4v) is 1.75. The number of nitrogens with one attached hydrogen (secondary N) is 1. The van der Waals surface area contributed by atoms with Gasteiger partial charge in [-0.2, -0.15) is 0 Å². The number of benzene rings is 1. The summed E-state index contributed by atoms with van der Waals surface area (Å²) >= 11 is 3.35. The van der Waals surface area contributed by atoms with Crippen LogP contribution >= 0.6 is 15.9 Å². The molecule has 17 heavy (non-hydrogen) atoms. The molecule has 0 aromatic heterocycles. The highest BCUT2D eigenvalue weighted by Crippen LogP contribution is 2.23. The molecule has 0 unspecified atom stereocenters. The lowest BCUT2D eigenvalue weighted by Crippen LogP contribution is -2.26. The molecule has 0 fully saturated rings. The van der Waals surface area contributed by atoms with E-state index in [4.69, 9.17) is 9.47 Å². The second-order valence-corrected chi connectivity index (χ2v) is 4.20. The van der Waals surface area contributed by atoms with Crippen LogP contribution in [-0.2, 0) is 9.47 Å². The molecule has 0 heterocycles. The maximum absolute atomic E-state index is 13.0. The average Bonchev–Trinajstić information content (AvgIpc) is 2.30. The summed E-state index contributed by atoms with van der Waals surface area (Å²) in [6, 6.07) is 4.49. The highest BCUT2D eigenvalue weighted by atomic mass is 79.9. The van der Waals surface area contributed by atoms with Gasteiger partial charge in [-0.15, -0.1) is 0 Å². The van der Waals surface area contributed by atoms with Gasteiger partial charge in [0, 0.05) is 17.7 Å². The number of hydrogen-bond donors (Lipinski definition) is 1. The van der Waals surface area contributed by atoms with Gasteiger partial charge in [0.25, 0.3) is 0 Å². The van der Waals surface area contributed by atoms with Crippen molar-refractivity contribution in [3.63, 3.8) is 0 Å². The molecule has 0 aliphatic rings. The minimum absolute atomic E-state index is 0.278. The Morgan fingerprint density at radius 2 is 1.94 bits per heavy atom. The van der Waals surface area contributed by atoms with Crippen LogP contribution in [0.4, 0.5) is 10.1 Å². The largest absolute Gasteiger partial charge is 0.379 e. The van der Waals surface area contributed by atoms with Crippen molar-refractivity contribution in [1.29, 1.82) is 0 Å². The summed E-state index contributed by atoms with van der Waals surface area (Å²) in [4.78, 5) is 0. The van der Waals surface area contributed by atoms with Gasteiger partial charge in [0.1, 0.15) is 5.82 Å². The third kappa shape index (κ3) is 5.02. The second kappa shape index (κ2) is 7.63. The Balaban J connectivity index is 2.55. The van der Waals surface area contributed by atoms with Crippen molar-refractivity contribution >= 4 is 21.6 Å². The normalized spacial score (nSPS) is 10.9. The van der Waals surface area contributed by atoms with Crippen LogP contribution in [-0.4, -0.2) is 26.0 Å². The third-order valence-electron chi connectivity index (χ3n) is 2.09. The van der Waals surface area contributed by atoms with Gasteiger partial charge in [0.15, 0.2) is 6.29 Å². The van der Waals surface area contributed by atoms with Gasteiger partial charge in [-0.25, -0.2) is 4.39 Å². The van der Waals surface area contributed by atoms with E-state index in [1.165, 1.54) is 12.1 Å². The van der Waals surface area contributed by atoms with E-state index in [9.17, 15) is 4.39 Å². The van der Waals surface area contributed by atoms with E-state index in [0.717, 1.165) is 4.47 Å². The maximum atomic E-state index is 13.0. The zero-order valence-electron chi connectivity index (χ0n) is 10.0. The lowest BCUT2D eigenvalue weighted by Gasteiger charge is -2.18. The Labute approximate surface area is 109 Å². The van der Waals surface area contributed by atoms with E-state index < -0.39 is 0 Å². The number of halogens is 2. The highest BCUT2D eigenvalue weighted by molar-refractivity contribution is 9.10. The second-order valence-electron chi connectivity index (χ2n) is 3.35. The molecule has 5 heteroatoms. The summed E-state index contributed by atoms with van der Waals surface area (Å²) < 4.78 is 24.6. The van der Waals surface area contributed by atoms with E-state index in [1.807, 2.05) is 13.8 Å². The summed E-state index contributed by atoms with van der Waals surface area (Å²) in [5, 5.41) is 3.09. The van der Waals surface area contributed by atoms with Crippen LogP contribution in [0.3, 0.4) is 0 Å². The summed E-state index contributed by atoms with van der Waals surface area (Å²) in [5.74, 6) is -0.278. The van der Waals surface area contributed by atoms with Crippen molar-refractivity contribution in [2.45, 2.75) is 20.1 Å². The van der Waals surface area contributed by atoms with Crippen LogP contribution in [0.15, 0.2) is 22.7 Å². The first-order valence-electron chi connectivity index (χ1n) is 5.59. The fraction of sp³-hybridized carbons (Fsp3) is 0.500. The molecular weight excluding hydrogens is 289 g/mol. The first kappa shape index (κ1) is 14.4. The van der Waals surface area contributed by atoms with E-state index in [1.54, 1.807) is 6.07 Å². The molecule has 0 aliphatic carbocycles. The smallest absolute Gasteiger partial charge is 0.174 e. The van der Waals surface area contributed by atoms with Crippen molar-refractivity contribution in [1.82, 2.24) is 0 Å². The van der Waals surface area contributed by atoms with Crippen molar-refractivity contribution in [3.05, 3.63) is 28.5 Å². The zero-order valence-corrected chi connectivity index (χ0v) is 11.6. The molecule has 1 rings (SSSR count). The van der Waals surface area contributed by atoms with Gasteiger partial charge in [-0.3, -0.25) is 0 Å². The van der Waals surface area contributed by atoms with Crippen LogP contribution in [0.2, 0.25) is 0 Å². The summed E-state index contributed by atoms with van der Waals surface area (Å²) in [6.07, 6.45) is -0.319. The Bertz CT molecular complexity index is 343. The van der Waals surface area contributed by atoms with Crippen molar-refractivity contribution in [3.8, 4) is 0 Å². The fourth-order valence-electron chi connectivity index (χ4n) is 1.36. The zero-order chi connectivity index (χ0) is 12.7. The molecule has 0 radical (unpaired) electrons. The van der Waals surface area contributed by atoms with Crippen LogP contribution in [0.25, 0.3) is 0 Å². The Kier molecular flexibility index (Phi) is 6.47. The maximum Gasteiger partial charge on any atom is 0.174 e. The van der Waals surface area contributed by atoms with Crippen LogP contribution < -0.4 is 5.32 Å². The predicted molar refractivity (Wildman–Crippen MR) is 69.6 cm³/mol. The van der Waals surface area contributed by atoms with E-state index >= 15 is 0 Å². The quantitative estimate of drug-likeness (QED) is 0.783. The van der Waals surface area contributed by atoms with Gasteiger partial charge in [-0.1, -0.05) is 0 Å². The van der Waals surface area contributed by atoms with Gasteiger partial charge in [0.2, 0.25) is 0 Å². The average molecular weight is 306 g/mol. The standard InChI is InChI=1S/C12H17BrFNO2/c1-3-16-12(17-4-2)8-15-11-7-9(14)5-6-10(11)13/h5-7,12,15H,3-4,8H2,1-2H3. The summed E-state index contributed by atoms with van der Waals surface area (Å²) in [5.41, 5.74) is 0.689. The molecule has 3 nitrogen and oxygen atoms in total. The first-order chi connectivity index (χ1) is 8.17. The molecule has 96 valence electrons. The molecule has 1 aromatic carbocycles. The highest BCUT2D eigenvalue weighted by Gasteiger charge is 2.09. The molecule has 1 aromatic rings. The van der Waals surface area contributed by atoms with Gasteiger partial charge < -0.3 is 14.8 Å². The molecule has 0 amide bonds. The minimum Gasteiger partial charge on any atom is -0.379 e. The summed E-state index contributed by atoms with van der Waals surface area (Å²) in [6.45, 7) is 5.45. The molecule has 0 atom stereocenters. The lowest BCUT2D eigenvalue weighted by molar-refractivity contribution is -0.126. The van der Waals surface area contributed by atoms with Crippen molar-refractivity contribution in [2.75, 3.05) is 25.1 Å². The molecule has 0 aliphatic heterocycles. The van der Waals surface area contributed by atoms with Gasteiger partial charge >= 0.3 is 0 Å². The van der Waals surface area contributed by atoms with Crippen molar-refractivity contribution in [2.24, 2.45) is 0 Å². The van der Waals surface area contributed by atoms with Gasteiger partial charge in [0.05, 0.1) is 12.2 Å². The molecule has 0 saturated heterocycles. The lowest BCUT2D eigenvalue weighted by atomic mass is 10.3. The first-order valence-corrected chi connectivity index (χ1v) is 6.38. The molecule has 0 spiro atoms. The van der Waals surface area contributed by atoms with E-state index in [2.05, 4.69) is 21.2 Å². The summed E-state index contributed by atoms with van der Waals surface area (Å²) in [7, 11) is 0. The number of anilines is 1. The predicted octanol–water partition coefficient (Wildman–Crippen LogP) is 3.40. The Morgan fingerprint density at radius 3 is 2.53 bits per heavy atom. The van der Waals surface area contributed by atoms with Crippen LogP contribution in [0.5, 0.6) is 0 Å². The Morgan fingerprint density at radius 1 is 1.29 bits per heavy atom. The van der Waals surface area contributed by atoms with Crippen molar-refractivity contribution < 1.29 is 13.9 Å². The minimum atomic E-state index is -0.319. The van der Waals surface area contributed by atoms with E-state index in [-0.39, 0.29) is 12.1 Å². The molecular formula is C12H17BrFNO2. The monoisotopic (exact) mass is 305 g/mol.